The molecule has 0 radical (unpaired) electrons. The van der Waals surface area contributed by atoms with Crippen molar-refractivity contribution < 1.29 is 4.79 Å². The third-order valence-electron chi connectivity index (χ3n) is 2.35. The molecule has 0 spiro atoms. The third-order valence-corrected chi connectivity index (χ3v) is 2.35. The molecule has 2 heteroatoms. The number of likely N-dealkylation sites (tertiary alicyclic amines) is 1. The van der Waals surface area contributed by atoms with Gasteiger partial charge in [0.2, 0.25) is 5.91 Å². The van der Waals surface area contributed by atoms with Crippen LogP contribution in [0.25, 0.3) is 0 Å². The highest BCUT2D eigenvalue weighted by Gasteiger charge is 2.22. The molecule has 62 valence electrons. The van der Waals surface area contributed by atoms with Crippen LogP contribution in [-0.4, -0.2) is 23.9 Å². The first-order valence-electron chi connectivity index (χ1n) is 4.19. The van der Waals surface area contributed by atoms with Crippen LogP contribution in [0.1, 0.15) is 19.8 Å². The highest BCUT2D eigenvalue weighted by Crippen LogP contribution is 2.18. The molecule has 0 aromatic heterocycles. The zero-order valence-electron chi connectivity index (χ0n) is 7.05. The van der Waals surface area contributed by atoms with Crippen molar-refractivity contribution in [3.05, 3.63) is 12.7 Å². The van der Waals surface area contributed by atoms with Gasteiger partial charge in [0.1, 0.15) is 0 Å². The first kappa shape index (κ1) is 8.31. The van der Waals surface area contributed by atoms with E-state index >= 15 is 0 Å². The highest BCUT2D eigenvalue weighted by molar-refractivity contribution is 5.87. The number of amides is 1. The SMILES string of the molecule is C=CC(=O)N1CC[C@@H](CC)C1. The Bertz CT molecular complexity index is 165. The van der Waals surface area contributed by atoms with Gasteiger partial charge < -0.3 is 4.90 Å². The van der Waals surface area contributed by atoms with Crippen LogP contribution in [0.3, 0.4) is 0 Å². The van der Waals surface area contributed by atoms with Crippen LogP contribution in [0.15, 0.2) is 12.7 Å². The van der Waals surface area contributed by atoms with Crippen LogP contribution in [-0.2, 0) is 4.79 Å². The van der Waals surface area contributed by atoms with E-state index in [1.165, 1.54) is 12.5 Å². The molecule has 0 aromatic carbocycles. The molecule has 0 aliphatic carbocycles. The monoisotopic (exact) mass is 153 g/mol. The Balaban J connectivity index is 2.41. The van der Waals surface area contributed by atoms with Crippen LogP contribution in [0, 0.1) is 5.92 Å². The summed E-state index contributed by atoms with van der Waals surface area (Å²) < 4.78 is 0. The van der Waals surface area contributed by atoms with Crippen molar-refractivity contribution in [2.24, 2.45) is 5.92 Å². The van der Waals surface area contributed by atoms with Crippen LogP contribution in [0.2, 0.25) is 0 Å². The molecule has 1 amide bonds. The zero-order valence-corrected chi connectivity index (χ0v) is 7.05. The van der Waals surface area contributed by atoms with E-state index in [1.54, 1.807) is 0 Å². The molecule has 11 heavy (non-hydrogen) atoms. The van der Waals surface area contributed by atoms with E-state index in [0.29, 0.717) is 0 Å². The summed E-state index contributed by atoms with van der Waals surface area (Å²) in [7, 11) is 0. The van der Waals surface area contributed by atoms with Gasteiger partial charge in [0.25, 0.3) is 0 Å². The van der Waals surface area contributed by atoms with E-state index in [2.05, 4.69) is 13.5 Å². The second-order valence-corrected chi connectivity index (χ2v) is 3.05. The van der Waals surface area contributed by atoms with Crippen molar-refractivity contribution in [3.63, 3.8) is 0 Å². The van der Waals surface area contributed by atoms with Gasteiger partial charge in [-0.15, -0.1) is 0 Å². The van der Waals surface area contributed by atoms with Crippen LogP contribution < -0.4 is 0 Å². The number of rotatable bonds is 2. The molecule has 0 unspecified atom stereocenters. The number of carbonyl (C=O) groups excluding carboxylic acids is 1. The lowest BCUT2D eigenvalue weighted by atomic mass is 10.1. The van der Waals surface area contributed by atoms with Gasteiger partial charge >= 0.3 is 0 Å². The quantitative estimate of drug-likeness (QED) is 0.549. The molecular formula is C9H15NO. The summed E-state index contributed by atoms with van der Waals surface area (Å²) in [6.07, 6.45) is 3.75. The molecule has 0 aromatic rings. The Morgan fingerprint density at radius 3 is 3.00 bits per heavy atom. The van der Waals surface area contributed by atoms with Crippen LogP contribution in [0.5, 0.6) is 0 Å². The van der Waals surface area contributed by atoms with Crippen molar-refractivity contribution in [3.8, 4) is 0 Å². The molecule has 1 fully saturated rings. The molecule has 1 heterocycles. The average molecular weight is 153 g/mol. The predicted octanol–water partition coefficient (Wildman–Crippen LogP) is 1.43. The number of hydrogen-bond acceptors (Lipinski definition) is 1. The van der Waals surface area contributed by atoms with E-state index in [4.69, 9.17) is 0 Å². The lowest BCUT2D eigenvalue weighted by Crippen LogP contribution is -2.26. The molecular weight excluding hydrogens is 138 g/mol. The summed E-state index contributed by atoms with van der Waals surface area (Å²) in [6.45, 7) is 7.49. The van der Waals surface area contributed by atoms with Gasteiger partial charge in [0, 0.05) is 13.1 Å². The molecule has 0 N–H and O–H groups in total. The fourth-order valence-electron chi connectivity index (χ4n) is 1.50. The Labute approximate surface area is 67.9 Å². The Kier molecular flexibility index (Phi) is 2.69. The minimum atomic E-state index is 0.0842. The van der Waals surface area contributed by atoms with E-state index in [1.807, 2.05) is 4.90 Å². The number of nitrogens with zero attached hydrogens (tertiary/aromatic N) is 1. The Morgan fingerprint density at radius 1 is 1.82 bits per heavy atom. The molecule has 2 nitrogen and oxygen atoms in total. The van der Waals surface area contributed by atoms with Crippen LogP contribution >= 0.6 is 0 Å². The minimum Gasteiger partial charge on any atom is -0.339 e. The lowest BCUT2D eigenvalue weighted by molar-refractivity contribution is -0.125. The predicted molar refractivity (Wildman–Crippen MR) is 45.2 cm³/mol. The van der Waals surface area contributed by atoms with Crippen molar-refractivity contribution in [1.29, 1.82) is 0 Å². The number of hydrogen-bond donors (Lipinski definition) is 0. The molecule has 1 aliphatic heterocycles. The summed E-state index contributed by atoms with van der Waals surface area (Å²) in [4.78, 5) is 13.0. The second-order valence-electron chi connectivity index (χ2n) is 3.05. The van der Waals surface area contributed by atoms with E-state index in [9.17, 15) is 4.79 Å². The minimum absolute atomic E-state index is 0.0842. The van der Waals surface area contributed by atoms with Crippen LogP contribution in [0.4, 0.5) is 0 Å². The first-order chi connectivity index (χ1) is 5.27. The van der Waals surface area contributed by atoms with Gasteiger partial charge in [-0.2, -0.15) is 0 Å². The standard InChI is InChI=1S/C9H15NO/c1-3-8-5-6-10(7-8)9(11)4-2/h4,8H,2-3,5-7H2,1H3/t8-/m1/s1. The Morgan fingerprint density at radius 2 is 2.55 bits per heavy atom. The van der Waals surface area contributed by atoms with E-state index < -0.39 is 0 Å². The summed E-state index contributed by atoms with van der Waals surface area (Å²) in [6, 6.07) is 0. The van der Waals surface area contributed by atoms with Crippen molar-refractivity contribution in [2.45, 2.75) is 19.8 Å². The molecule has 0 saturated carbocycles. The van der Waals surface area contributed by atoms with E-state index in [0.717, 1.165) is 25.4 Å². The first-order valence-corrected chi connectivity index (χ1v) is 4.19. The Hall–Kier alpha value is -0.790. The zero-order chi connectivity index (χ0) is 8.27. The topological polar surface area (TPSA) is 20.3 Å². The summed E-state index contributed by atoms with van der Waals surface area (Å²) in [5, 5.41) is 0. The van der Waals surface area contributed by atoms with Gasteiger partial charge in [-0.05, 0) is 18.4 Å². The normalized spacial score (nSPS) is 23.7. The third kappa shape index (κ3) is 1.82. The summed E-state index contributed by atoms with van der Waals surface area (Å²) in [5.41, 5.74) is 0. The van der Waals surface area contributed by atoms with Crippen molar-refractivity contribution >= 4 is 5.91 Å². The average Bonchev–Trinajstić information content (AvgIpc) is 2.50. The highest BCUT2D eigenvalue weighted by atomic mass is 16.2. The van der Waals surface area contributed by atoms with E-state index in [-0.39, 0.29) is 5.91 Å². The molecule has 1 rings (SSSR count). The molecule has 0 bridgehead atoms. The number of carbonyl (C=O) groups is 1. The second kappa shape index (κ2) is 3.56. The summed E-state index contributed by atoms with van der Waals surface area (Å²) >= 11 is 0. The fraction of sp³-hybridized carbons (Fsp3) is 0.667. The largest absolute Gasteiger partial charge is 0.339 e. The summed E-state index contributed by atoms with van der Waals surface area (Å²) in [5.74, 6) is 0.805. The van der Waals surface area contributed by atoms with Gasteiger partial charge in [0.15, 0.2) is 0 Å². The van der Waals surface area contributed by atoms with Crippen molar-refractivity contribution in [1.82, 2.24) is 4.90 Å². The maximum absolute atomic E-state index is 11.1. The molecule has 1 atom stereocenters. The van der Waals surface area contributed by atoms with Gasteiger partial charge in [-0.25, -0.2) is 0 Å². The van der Waals surface area contributed by atoms with Gasteiger partial charge in [-0.3, -0.25) is 4.79 Å². The maximum atomic E-state index is 11.1. The smallest absolute Gasteiger partial charge is 0.245 e. The molecule has 1 saturated heterocycles. The fourth-order valence-corrected chi connectivity index (χ4v) is 1.50. The van der Waals surface area contributed by atoms with Gasteiger partial charge in [0.05, 0.1) is 0 Å². The lowest BCUT2D eigenvalue weighted by Gasteiger charge is -2.12. The van der Waals surface area contributed by atoms with Crippen molar-refractivity contribution in [2.75, 3.05) is 13.1 Å². The maximum Gasteiger partial charge on any atom is 0.245 e. The van der Waals surface area contributed by atoms with Gasteiger partial charge in [-0.1, -0.05) is 19.9 Å². The molecule has 1 aliphatic rings.